The van der Waals surface area contributed by atoms with Crippen LogP contribution in [0.25, 0.3) is 0 Å². The lowest BCUT2D eigenvalue weighted by atomic mass is 10.3. The van der Waals surface area contributed by atoms with Crippen molar-refractivity contribution in [2.45, 2.75) is 19.8 Å². The average molecular weight is 290 g/mol. The highest BCUT2D eigenvalue weighted by Crippen LogP contribution is 2.08. The van der Waals surface area contributed by atoms with Gasteiger partial charge in [-0.1, -0.05) is 13.0 Å². The van der Waals surface area contributed by atoms with E-state index in [0.717, 1.165) is 25.9 Å². The lowest BCUT2D eigenvalue weighted by molar-refractivity contribution is 0.419. The smallest absolute Gasteiger partial charge is 0.211 e. The number of rotatable bonds is 9. The van der Waals surface area contributed by atoms with Crippen LogP contribution in [0.15, 0.2) is 17.5 Å². The molecule has 0 spiro atoms. The summed E-state index contributed by atoms with van der Waals surface area (Å²) in [6.07, 6.45) is 3.16. The molecule has 0 aromatic carbocycles. The summed E-state index contributed by atoms with van der Waals surface area (Å²) >= 11 is 1.77. The summed E-state index contributed by atoms with van der Waals surface area (Å²) in [4.78, 5) is 1.38. The number of nitrogens with one attached hydrogen (secondary N) is 1. The van der Waals surface area contributed by atoms with Crippen LogP contribution in [0.2, 0.25) is 0 Å². The lowest BCUT2D eigenvalue weighted by Gasteiger charge is -2.17. The second kappa shape index (κ2) is 7.89. The largest absolute Gasteiger partial charge is 0.316 e. The van der Waals surface area contributed by atoms with Crippen LogP contribution in [-0.4, -0.2) is 45.2 Å². The first-order valence-electron chi connectivity index (χ1n) is 6.22. The van der Waals surface area contributed by atoms with Gasteiger partial charge in [0.2, 0.25) is 10.0 Å². The van der Waals surface area contributed by atoms with E-state index < -0.39 is 10.0 Å². The maximum atomic E-state index is 11.3. The third-order valence-electron chi connectivity index (χ3n) is 2.71. The highest BCUT2D eigenvalue weighted by molar-refractivity contribution is 7.88. The van der Waals surface area contributed by atoms with E-state index in [1.165, 1.54) is 15.4 Å². The Hall–Kier alpha value is -0.430. The Morgan fingerprint density at radius 1 is 1.39 bits per heavy atom. The molecular weight excluding hydrogens is 268 g/mol. The average Bonchev–Trinajstić information content (AvgIpc) is 2.79. The molecule has 1 heterocycles. The summed E-state index contributed by atoms with van der Waals surface area (Å²) in [5.41, 5.74) is 0. The molecular formula is C12H22N2O2S2. The second-order valence-electron chi connectivity index (χ2n) is 4.19. The van der Waals surface area contributed by atoms with Crippen molar-refractivity contribution in [2.75, 3.05) is 32.4 Å². The molecule has 0 atom stereocenters. The summed E-state index contributed by atoms with van der Waals surface area (Å²) in [7, 11) is -3.04. The predicted octanol–water partition coefficient (Wildman–Crippen LogP) is 1.55. The van der Waals surface area contributed by atoms with Crippen LogP contribution < -0.4 is 5.32 Å². The van der Waals surface area contributed by atoms with E-state index in [1.807, 2.05) is 6.92 Å². The molecule has 0 amide bonds. The topological polar surface area (TPSA) is 49.4 Å². The maximum Gasteiger partial charge on any atom is 0.211 e. The lowest BCUT2D eigenvalue weighted by Crippen LogP contribution is -2.32. The normalized spacial score (nSPS) is 12.2. The van der Waals surface area contributed by atoms with Gasteiger partial charge in [-0.2, -0.15) is 0 Å². The van der Waals surface area contributed by atoms with Gasteiger partial charge >= 0.3 is 0 Å². The first-order chi connectivity index (χ1) is 8.54. The van der Waals surface area contributed by atoms with Crippen LogP contribution in [-0.2, 0) is 16.4 Å². The SMILES string of the molecule is CCN(CCCNCCc1cccs1)S(C)(=O)=O. The van der Waals surface area contributed by atoms with Gasteiger partial charge in [-0.05, 0) is 37.4 Å². The molecule has 0 bridgehead atoms. The van der Waals surface area contributed by atoms with E-state index in [0.29, 0.717) is 13.1 Å². The van der Waals surface area contributed by atoms with E-state index in [4.69, 9.17) is 0 Å². The molecule has 0 aliphatic rings. The maximum absolute atomic E-state index is 11.3. The minimum absolute atomic E-state index is 0.550. The van der Waals surface area contributed by atoms with Gasteiger partial charge in [0.25, 0.3) is 0 Å². The van der Waals surface area contributed by atoms with Gasteiger partial charge in [-0.25, -0.2) is 12.7 Å². The fourth-order valence-corrected chi connectivity index (χ4v) is 3.37. The second-order valence-corrected chi connectivity index (χ2v) is 7.20. The molecule has 18 heavy (non-hydrogen) atoms. The van der Waals surface area contributed by atoms with Gasteiger partial charge in [-0.15, -0.1) is 11.3 Å². The first-order valence-corrected chi connectivity index (χ1v) is 8.95. The number of hydrogen-bond donors (Lipinski definition) is 1. The van der Waals surface area contributed by atoms with Crippen molar-refractivity contribution in [1.82, 2.24) is 9.62 Å². The van der Waals surface area contributed by atoms with E-state index in [-0.39, 0.29) is 0 Å². The van der Waals surface area contributed by atoms with Crippen molar-refractivity contribution in [3.05, 3.63) is 22.4 Å². The van der Waals surface area contributed by atoms with Crippen molar-refractivity contribution in [1.29, 1.82) is 0 Å². The summed E-state index contributed by atoms with van der Waals surface area (Å²) in [5, 5.41) is 5.42. The van der Waals surface area contributed by atoms with Crippen LogP contribution in [0.1, 0.15) is 18.2 Å². The van der Waals surface area contributed by atoms with Gasteiger partial charge in [0.05, 0.1) is 6.26 Å². The number of thiophene rings is 1. The first kappa shape index (κ1) is 15.6. The van der Waals surface area contributed by atoms with Crippen LogP contribution in [0.3, 0.4) is 0 Å². The molecule has 1 aromatic heterocycles. The molecule has 0 unspecified atom stereocenters. The fraction of sp³-hybridized carbons (Fsp3) is 0.667. The van der Waals surface area contributed by atoms with Gasteiger partial charge < -0.3 is 5.32 Å². The number of hydrogen-bond acceptors (Lipinski definition) is 4. The minimum atomic E-state index is -3.04. The van der Waals surface area contributed by atoms with Crippen LogP contribution >= 0.6 is 11.3 Å². The molecule has 1 aromatic rings. The number of sulfonamides is 1. The molecule has 0 fully saturated rings. The van der Waals surface area contributed by atoms with E-state index in [2.05, 4.69) is 22.8 Å². The van der Waals surface area contributed by atoms with E-state index in [9.17, 15) is 8.42 Å². The Morgan fingerprint density at radius 2 is 2.17 bits per heavy atom. The molecule has 0 radical (unpaired) electrons. The summed E-state index contributed by atoms with van der Waals surface area (Å²) in [6, 6.07) is 4.19. The zero-order valence-electron chi connectivity index (χ0n) is 11.1. The molecule has 1 rings (SSSR count). The molecule has 1 N–H and O–H groups in total. The minimum Gasteiger partial charge on any atom is -0.316 e. The van der Waals surface area contributed by atoms with Crippen molar-refractivity contribution in [2.24, 2.45) is 0 Å². The quantitative estimate of drug-likeness (QED) is 0.702. The highest BCUT2D eigenvalue weighted by Gasteiger charge is 2.12. The molecule has 4 nitrogen and oxygen atoms in total. The van der Waals surface area contributed by atoms with Crippen molar-refractivity contribution < 1.29 is 8.42 Å². The third kappa shape index (κ3) is 5.95. The Balaban J connectivity index is 2.08. The molecule has 104 valence electrons. The van der Waals surface area contributed by atoms with Crippen molar-refractivity contribution in [3.63, 3.8) is 0 Å². The molecule has 0 aliphatic carbocycles. The third-order valence-corrected chi connectivity index (χ3v) is 5.03. The Morgan fingerprint density at radius 3 is 2.72 bits per heavy atom. The molecule has 0 saturated heterocycles. The highest BCUT2D eigenvalue weighted by atomic mass is 32.2. The standard InChI is InChI=1S/C12H22N2O2S2/c1-3-14(18(2,15)16)10-5-8-13-9-7-12-6-4-11-17-12/h4,6,11,13H,3,5,7-10H2,1-2H3. The van der Waals surface area contributed by atoms with Crippen LogP contribution in [0.4, 0.5) is 0 Å². The molecule has 0 aliphatic heterocycles. The van der Waals surface area contributed by atoms with Gasteiger partial charge in [-0.3, -0.25) is 0 Å². The fourth-order valence-electron chi connectivity index (χ4n) is 1.73. The van der Waals surface area contributed by atoms with Crippen LogP contribution in [0, 0.1) is 0 Å². The number of nitrogens with zero attached hydrogens (tertiary/aromatic N) is 1. The van der Waals surface area contributed by atoms with Gasteiger partial charge in [0, 0.05) is 18.0 Å². The Bertz CT molecular complexity index is 415. The van der Waals surface area contributed by atoms with Gasteiger partial charge in [0.1, 0.15) is 0 Å². The summed E-state index contributed by atoms with van der Waals surface area (Å²) in [5.74, 6) is 0. The zero-order valence-corrected chi connectivity index (χ0v) is 12.7. The summed E-state index contributed by atoms with van der Waals surface area (Å²) < 4.78 is 24.2. The van der Waals surface area contributed by atoms with E-state index >= 15 is 0 Å². The summed E-state index contributed by atoms with van der Waals surface area (Å²) in [6.45, 7) is 4.82. The molecule has 0 saturated carbocycles. The van der Waals surface area contributed by atoms with Gasteiger partial charge in [0.15, 0.2) is 0 Å². The van der Waals surface area contributed by atoms with Crippen molar-refractivity contribution >= 4 is 21.4 Å². The predicted molar refractivity (Wildman–Crippen MR) is 77.6 cm³/mol. The monoisotopic (exact) mass is 290 g/mol. The Kier molecular flexibility index (Phi) is 6.85. The van der Waals surface area contributed by atoms with Crippen LogP contribution in [0.5, 0.6) is 0 Å². The van der Waals surface area contributed by atoms with E-state index in [1.54, 1.807) is 11.3 Å². The van der Waals surface area contributed by atoms with Crippen molar-refractivity contribution in [3.8, 4) is 0 Å². The Labute approximate surface area is 114 Å². The molecule has 6 heteroatoms. The zero-order chi connectivity index (χ0) is 13.4.